The first-order valence-electron chi connectivity index (χ1n) is 4.88. The highest BCUT2D eigenvalue weighted by molar-refractivity contribution is 5.87. The average Bonchev–Trinajstić information content (AvgIpc) is 2.16. The summed E-state index contributed by atoms with van der Waals surface area (Å²) in [6.45, 7) is 8.16. The summed E-state index contributed by atoms with van der Waals surface area (Å²) in [6, 6.07) is 0. The van der Waals surface area contributed by atoms with Gasteiger partial charge in [-0.3, -0.25) is 4.79 Å². The van der Waals surface area contributed by atoms with Gasteiger partial charge in [-0.1, -0.05) is 6.58 Å². The molecular weight excluding hydrogens is 212 g/mol. The van der Waals surface area contributed by atoms with Crippen molar-refractivity contribution in [3.8, 4) is 0 Å². The largest absolute Gasteiger partial charge is 0.462 e. The molecule has 92 valence electrons. The second kappa shape index (κ2) is 6.27. The van der Waals surface area contributed by atoms with Gasteiger partial charge in [0.1, 0.15) is 6.61 Å². The first-order valence-corrected chi connectivity index (χ1v) is 4.88. The summed E-state index contributed by atoms with van der Waals surface area (Å²) >= 11 is 0. The van der Waals surface area contributed by atoms with Crippen LogP contribution in [-0.2, 0) is 23.8 Å². The Morgan fingerprint density at radius 2 is 1.88 bits per heavy atom. The van der Waals surface area contributed by atoms with E-state index in [1.807, 2.05) is 0 Å². The summed E-state index contributed by atoms with van der Waals surface area (Å²) in [5.41, 5.74) is 0.297. The molecule has 16 heavy (non-hydrogen) atoms. The molecule has 5 heteroatoms. The Morgan fingerprint density at radius 1 is 1.31 bits per heavy atom. The highest BCUT2D eigenvalue weighted by Crippen LogP contribution is 2.10. The van der Waals surface area contributed by atoms with Crippen LogP contribution < -0.4 is 0 Å². The molecule has 0 aliphatic carbocycles. The second-order valence-corrected chi connectivity index (χ2v) is 3.74. The zero-order valence-corrected chi connectivity index (χ0v) is 10.2. The third kappa shape index (κ3) is 6.19. The molecule has 0 saturated heterocycles. The van der Waals surface area contributed by atoms with Gasteiger partial charge in [-0.2, -0.15) is 0 Å². The fourth-order valence-corrected chi connectivity index (χ4v) is 0.717. The summed E-state index contributed by atoms with van der Waals surface area (Å²) in [4.78, 5) is 22.2. The van der Waals surface area contributed by atoms with Crippen LogP contribution in [0.25, 0.3) is 0 Å². The van der Waals surface area contributed by atoms with Gasteiger partial charge in [0.25, 0.3) is 0 Å². The van der Waals surface area contributed by atoms with E-state index in [0.717, 1.165) is 0 Å². The average molecular weight is 230 g/mol. The fourth-order valence-electron chi connectivity index (χ4n) is 0.717. The van der Waals surface area contributed by atoms with Crippen molar-refractivity contribution in [2.24, 2.45) is 0 Å². The van der Waals surface area contributed by atoms with Gasteiger partial charge < -0.3 is 14.2 Å². The quantitative estimate of drug-likeness (QED) is 0.392. The maximum absolute atomic E-state index is 11.3. The molecule has 0 N–H and O–H groups in total. The molecule has 0 fully saturated rings. The van der Waals surface area contributed by atoms with E-state index in [4.69, 9.17) is 14.2 Å². The highest BCUT2D eigenvalue weighted by Gasteiger charge is 2.21. The Bertz CT molecular complexity index is 280. The van der Waals surface area contributed by atoms with Crippen LogP contribution >= 0.6 is 0 Å². The Morgan fingerprint density at radius 3 is 2.31 bits per heavy atom. The molecule has 5 nitrogen and oxygen atoms in total. The summed E-state index contributed by atoms with van der Waals surface area (Å²) in [7, 11) is 1.44. The minimum absolute atomic E-state index is 0.00813. The summed E-state index contributed by atoms with van der Waals surface area (Å²) in [5, 5.41) is 0. The van der Waals surface area contributed by atoms with Crippen molar-refractivity contribution in [1.82, 2.24) is 0 Å². The lowest BCUT2D eigenvalue weighted by atomic mass is 10.3. The first kappa shape index (κ1) is 14.6. The molecule has 0 aromatic carbocycles. The van der Waals surface area contributed by atoms with Crippen LogP contribution in [0.15, 0.2) is 12.2 Å². The van der Waals surface area contributed by atoms with Crippen LogP contribution in [0.4, 0.5) is 0 Å². The van der Waals surface area contributed by atoms with Crippen molar-refractivity contribution in [3.05, 3.63) is 12.2 Å². The molecule has 0 aliphatic rings. The maximum atomic E-state index is 11.3. The van der Waals surface area contributed by atoms with Crippen LogP contribution in [0.1, 0.15) is 27.2 Å². The lowest BCUT2D eigenvalue weighted by molar-refractivity contribution is -0.206. The topological polar surface area (TPSA) is 61.8 Å². The molecule has 0 saturated carbocycles. The predicted octanol–water partition coefficient (Wildman–Crippen LogP) is 1.42. The summed E-state index contributed by atoms with van der Waals surface area (Å²) < 4.78 is 14.6. The highest BCUT2D eigenvalue weighted by atomic mass is 16.7. The van der Waals surface area contributed by atoms with Gasteiger partial charge in [-0.15, -0.1) is 0 Å². The lowest BCUT2D eigenvalue weighted by Crippen LogP contribution is -2.30. The Kier molecular flexibility index (Phi) is 5.74. The van der Waals surface area contributed by atoms with Crippen molar-refractivity contribution in [3.63, 3.8) is 0 Å². The fraction of sp³-hybridized carbons (Fsp3) is 0.636. The van der Waals surface area contributed by atoms with E-state index in [0.29, 0.717) is 5.57 Å². The minimum atomic E-state index is -0.963. The van der Waals surface area contributed by atoms with Crippen LogP contribution in [0.5, 0.6) is 0 Å². The van der Waals surface area contributed by atoms with E-state index in [2.05, 4.69) is 6.58 Å². The van der Waals surface area contributed by atoms with Gasteiger partial charge in [-0.25, -0.2) is 4.79 Å². The van der Waals surface area contributed by atoms with Gasteiger partial charge in [-0.05, 0) is 6.92 Å². The molecule has 0 spiro atoms. The first-order chi connectivity index (χ1) is 7.28. The smallest absolute Gasteiger partial charge is 0.333 e. The monoisotopic (exact) mass is 230 g/mol. The van der Waals surface area contributed by atoms with Crippen molar-refractivity contribution < 1.29 is 23.8 Å². The number of methoxy groups -OCH3 is 1. The Balaban J connectivity index is 3.83. The van der Waals surface area contributed by atoms with E-state index < -0.39 is 17.7 Å². The van der Waals surface area contributed by atoms with Gasteiger partial charge in [0.15, 0.2) is 0 Å². The molecule has 0 aromatic heterocycles. The van der Waals surface area contributed by atoms with Crippen molar-refractivity contribution in [1.29, 1.82) is 0 Å². The Hall–Kier alpha value is -1.36. The number of carbonyl (C=O) groups excluding carboxylic acids is 2. The molecular formula is C11H18O5. The molecule has 0 aliphatic heterocycles. The summed E-state index contributed by atoms with van der Waals surface area (Å²) in [6.07, 6.45) is -0.00813. The second-order valence-electron chi connectivity index (χ2n) is 3.74. The molecule has 0 rings (SSSR count). The maximum Gasteiger partial charge on any atom is 0.333 e. The number of carbonyl (C=O) groups is 2. The van der Waals surface area contributed by atoms with Crippen LogP contribution in [0.2, 0.25) is 0 Å². The third-order valence-corrected chi connectivity index (χ3v) is 1.74. The van der Waals surface area contributed by atoms with Crippen LogP contribution in [-0.4, -0.2) is 31.4 Å². The normalized spacial score (nSPS) is 10.8. The van der Waals surface area contributed by atoms with Gasteiger partial charge in [0, 0.05) is 26.5 Å². The minimum Gasteiger partial charge on any atom is -0.462 e. The van der Waals surface area contributed by atoms with Gasteiger partial charge >= 0.3 is 11.9 Å². The Labute approximate surface area is 95.4 Å². The van der Waals surface area contributed by atoms with Gasteiger partial charge in [0.2, 0.25) is 5.79 Å². The van der Waals surface area contributed by atoms with E-state index in [1.165, 1.54) is 14.0 Å². The van der Waals surface area contributed by atoms with Crippen LogP contribution in [0.3, 0.4) is 0 Å². The standard InChI is InChI=1S/C11H18O5/c1-8(2)10(13)15-7-6-9(12)16-11(3,4)14-5/h1,6-7H2,2-5H3. The summed E-state index contributed by atoms with van der Waals surface area (Å²) in [5.74, 6) is -1.96. The number of hydrogen-bond donors (Lipinski definition) is 0. The van der Waals surface area contributed by atoms with Gasteiger partial charge in [0.05, 0.1) is 6.42 Å². The third-order valence-electron chi connectivity index (χ3n) is 1.74. The van der Waals surface area contributed by atoms with E-state index in [-0.39, 0.29) is 13.0 Å². The van der Waals surface area contributed by atoms with Crippen LogP contribution in [0, 0.1) is 0 Å². The number of hydrogen-bond acceptors (Lipinski definition) is 5. The number of ether oxygens (including phenoxy) is 3. The predicted molar refractivity (Wildman–Crippen MR) is 57.6 cm³/mol. The molecule has 0 heterocycles. The number of esters is 2. The lowest BCUT2D eigenvalue weighted by Gasteiger charge is -2.22. The molecule has 0 atom stereocenters. The zero-order valence-electron chi connectivity index (χ0n) is 10.2. The molecule has 0 aromatic rings. The molecule has 0 bridgehead atoms. The van der Waals surface area contributed by atoms with E-state index in [1.54, 1.807) is 13.8 Å². The number of rotatable bonds is 6. The van der Waals surface area contributed by atoms with E-state index >= 15 is 0 Å². The SMILES string of the molecule is C=C(C)C(=O)OCCC(=O)OC(C)(C)OC. The molecule has 0 radical (unpaired) electrons. The zero-order chi connectivity index (χ0) is 12.8. The van der Waals surface area contributed by atoms with Crippen molar-refractivity contribution in [2.75, 3.05) is 13.7 Å². The van der Waals surface area contributed by atoms with Crippen molar-refractivity contribution >= 4 is 11.9 Å². The van der Waals surface area contributed by atoms with E-state index in [9.17, 15) is 9.59 Å². The van der Waals surface area contributed by atoms with Crippen molar-refractivity contribution in [2.45, 2.75) is 33.0 Å². The molecule has 0 unspecified atom stereocenters. The molecule has 0 amide bonds.